The van der Waals surface area contributed by atoms with Gasteiger partial charge in [0.05, 0.1) is 26.4 Å². The molecule has 0 aromatic carbocycles. The van der Waals surface area contributed by atoms with Crippen molar-refractivity contribution in [1.82, 2.24) is 9.80 Å². The first-order valence-corrected chi connectivity index (χ1v) is 31.7. The van der Waals surface area contributed by atoms with Gasteiger partial charge >= 0.3 is 8.56 Å². The molecule has 2 amide bonds. The molecule has 0 aromatic heterocycles. The second kappa shape index (κ2) is 24.6. The Morgan fingerprint density at radius 2 is 0.809 bits per heavy atom. The van der Waals surface area contributed by atoms with Gasteiger partial charge in [0.1, 0.15) is 97.7 Å². The summed E-state index contributed by atoms with van der Waals surface area (Å²) in [7, 11) is -8.25. The monoisotopic (exact) mass is 1040 g/mol. The van der Waals surface area contributed by atoms with Crippen LogP contribution in [0.2, 0.25) is 51.4 Å². The summed E-state index contributed by atoms with van der Waals surface area (Å²) in [4.78, 5) is 28.4. The molecule has 0 bridgehead atoms. The summed E-state index contributed by atoms with van der Waals surface area (Å²) < 4.78 is 47.3. The molecule has 20 atom stereocenters. The summed E-state index contributed by atoms with van der Waals surface area (Å²) in [5.74, 6) is -1.06. The lowest BCUT2D eigenvalue weighted by Gasteiger charge is -2.48. The van der Waals surface area contributed by atoms with Crippen molar-refractivity contribution in [2.45, 2.75) is 194 Å². The molecule has 10 unspecified atom stereocenters. The fourth-order valence-electron chi connectivity index (χ4n) is 9.10. The molecule has 14 N–H and O–H groups in total. The molecule has 4 rings (SSSR count). The van der Waals surface area contributed by atoms with Crippen molar-refractivity contribution < 1.29 is 118 Å². The standard InChI is InChI=1S/C39H76N2O24Si3/c1-18(46)40(36-30(54)28(52)34(22(16-44)58-36)62-38-32(56)26(50)24(48)20(14-42)60-38)10-9-12-66(3,4)64-68(7,8)65-67(5,6)13-11-41(19(2)47)37-31(55)29(53)35(23(17-45)59-37)63-39-33(57)27(51)25(49)21(15-43)61-39/h20-39,42-45,48-57H,9-17H2,1-8H3/t20?,21?,22?,23?,24-,25+,26?,27?,28?,29?,30?,31?,32+,33-,34+,35-,36-,37+,38-,39+/m1/s1. The van der Waals surface area contributed by atoms with Gasteiger partial charge in [-0.25, -0.2) is 0 Å². The Labute approximate surface area is 397 Å². The number of hydrogen-bond acceptors (Lipinski definition) is 24. The molecule has 4 saturated heterocycles. The number of aliphatic hydroxyl groups is 14. The summed E-state index contributed by atoms with van der Waals surface area (Å²) in [5.41, 5.74) is 0. The molecular weight excluding hydrogens is 965 g/mol. The normalized spacial score (nSPS) is 39.7. The van der Waals surface area contributed by atoms with Gasteiger partial charge in [-0.15, -0.1) is 0 Å². The molecular formula is C39H76N2O24Si3. The van der Waals surface area contributed by atoms with Crippen molar-refractivity contribution in [3.8, 4) is 0 Å². The molecule has 0 aromatic rings. The molecule has 4 fully saturated rings. The lowest BCUT2D eigenvalue weighted by atomic mass is 9.96. The van der Waals surface area contributed by atoms with E-state index in [1.165, 1.54) is 23.6 Å². The first-order valence-electron chi connectivity index (χ1n) is 22.7. The van der Waals surface area contributed by atoms with Crippen LogP contribution in [0, 0.1) is 0 Å². The molecule has 0 radical (unpaired) electrons. The second-order valence-electron chi connectivity index (χ2n) is 19.5. The lowest BCUT2D eigenvalue weighted by molar-refractivity contribution is -0.347. The maximum Gasteiger partial charge on any atom is 0.311 e. The van der Waals surface area contributed by atoms with Crippen LogP contribution in [-0.2, 0) is 46.2 Å². The van der Waals surface area contributed by atoms with Crippen LogP contribution < -0.4 is 0 Å². The number of ether oxygens (including phenoxy) is 6. The van der Waals surface area contributed by atoms with Crippen LogP contribution in [0.15, 0.2) is 0 Å². The molecule has 4 heterocycles. The number of amides is 2. The van der Waals surface area contributed by atoms with Crippen molar-refractivity contribution in [1.29, 1.82) is 0 Å². The van der Waals surface area contributed by atoms with E-state index in [1.807, 2.05) is 39.3 Å². The highest BCUT2D eigenvalue weighted by Gasteiger charge is 2.54. The Morgan fingerprint density at radius 1 is 0.456 bits per heavy atom. The van der Waals surface area contributed by atoms with Gasteiger partial charge < -0.3 is 118 Å². The largest absolute Gasteiger partial charge is 0.437 e. The Morgan fingerprint density at radius 3 is 1.16 bits per heavy atom. The Kier molecular flexibility index (Phi) is 21.5. The summed E-state index contributed by atoms with van der Waals surface area (Å²) >= 11 is 0. The highest BCUT2D eigenvalue weighted by molar-refractivity contribution is 6.87. The van der Waals surface area contributed by atoms with Crippen molar-refractivity contribution >= 4 is 37.0 Å². The summed E-state index contributed by atoms with van der Waals surface area (Å²) in [5, 5.41) is 146. The number of rotatable bonds is 21. The van der Waals surface area contributed by atoms with Gasteiger partial charge in [0.2, 0.25) is 11.8 Å². The minimum absolute atomic E-state index is 0.00683. The third kappa shape index (κ3) is 14.3. The molecule has 0 aliphatic carbocycles. The van der Waals surface area contributed by atoms with E-state index in [4.69, 9.17) is 36.7 Å². The Balaban J connectivity index is 1.33. The summed E-state index contributed by atoms with van der Waals surface area (Å²) in [6.07, 6.45) is -32.4. The van der Waals surface area contributed by atoms with Gasteiger partial charge in [0, 0.05) is 26.9 Å². The Bertz CT molecular complexity index is 1600. The average Bonchev–Trinajstić information content (AvgIpc) is 3.25. The predicted octanol–water partition coefficient (Wildman–Crippen LogP) is -6.53. The molecule has 0 spiro atoms. The summed E-state index contributed by atoms with van der Waals surface area (Å²) in [6, 6.07) is 0.790. The van der Waals surface area contributed by atoms with Gasteiger partial charge in [-0.3, -0.25) is 9.59 Å². The zero-order chi connectivity index (χ0) is 51.4. The van der Waals surface area contributed by atoms with Crippen molar-refractivity contribution in [3.05, 3.63) is 0 Å². The minimum Gasteiger partial charge on any atom is -0.437 e. The van der Waals surface area contributed by atoms with Crippen molar-refractivity contribution in [2.24, 2.45) is 0 Å². The fraction of sp³-hybridized carbons (Fsp3) is 0.949. The highest BCUT2D eigenvalue weighted by Crippen LogP contribution is 2.34. The van der Waals surface area contributed by atoms with Gasteiger partial charge in [-0.1, -0.05) is 0 Å². The third-order valence-electron chi connectivity index (χ3n) is 12.6. The van der Waals surface area contributed by atoms with E-state index >= 15 is 0 Å². The first-order chi connectivity index (χ1) is 31.5. The van der Waals surface area contributed by atoms with E-state index in [9.17, 15) is 81.1 Å². The Hall–Kier alpha value is -1.29. The maximum atomic E-state index is 13.0. The van der Waals surface area contributed by atoms with Gasteiger partial charge in [0.15, 0.2) is 41.7 Å². The number of hydrogen-bond donors (Lipinski definition) is 14. The van der Waals surface area contributed by atoms with Crippen LogP contribution in [0.5, 0.6) is 0 Å². The van der Waals surface area contributed by atoms with Crippen LogP contribution >= 0.6 is 0 Å². The van der Waals surface area contributed by atoms with Crippen LogP contribution in [0.1, 0.15) is 20.3 Å². The maximum absolute atomic E-state index is 13.0. The molecule has 0 saturated carbocycles. The van der Waals surface area contributed by atoms with Crippen molar-refractivity contribution in [3.63, 3.8) is 0 Å². The van der Waals surface area contributed by atoms with E-state index in [1.54, 1.807) is 0 Å². The summed E-state index contributed by atoms with van der Waals surface area (Å²) in [6.45, 7) is 11.0. The van der Waals surface area contributed by atoms with Crippen LogP contribution in [0.3, 0.4) is 0 Å². The van der Waals surface area contributed by atoms with Crippen molar-refractivity contribution in [2.75, 3.05) is 39.5 Å². The average molecular weight is 1040 g/mol. The highest BCUT2D eigenvalue weighted by atomic mass is 28.5. The van der Waals surface area contributed by atoms with Crippen LogP contribution in [0.25, 0.3) is 0 Å². The minimum atomic E-state index is -2.94. The third-order valence-corrected chi connectivity index (χ3v) is 23.9. The molecule has 4 aliphatic heterocycles. The molecule has 29 heteroatoms. The number of carbonyl (C=O) groups is 2. The number of nitrogens with zero attached hydrogens (tertiary/aromatic N) is 2. The zero-order valence-electron chi connectivity index (χ0n) is 39.6. The topological polar surface area (TPSA) is 398 Å². The molecule has 26 nitrogen and oxygen atoms in total. The van der Waals surface area contributed by atoms with Gasteiger partial charge in [0.25, 0.3) is 0 Å². The zero-order valence-corrected chi connectivity index (χ0v) is 42.6. The van der Waals surface area contributed by atoms with E-state index < -0.39 is 186 Å². The van der Waals surface area contributed by atoms with E-state index in [0.29, 0.717) is 18.5 Å². The second-order valence-corrected chi connectivity index (χ2v) is 31.9. The first kappa shape index (κ1) is 59.3. The number of aliphatic hydroxyl groups excluding tert-OH is 14. The van der Waals surface area contributed by atoms with Gasteiger partial charge in [-0.2, -0.15) is 0 Å². The number of carbonyl (C=O) groups excluding carboxylic acids is 2. The molecule has 68 heavy (non-hydrogen) atoms. The predicted molar refractivity (Wildman–Crippen MR) is 236 cm³/mol. The van der Waals surface area contributed by atoms with E-state index in [2.05, 4.69) is 0 Å². The lowest BCUT2D eigenvalue weighted by Crippen LogP contribution is -2.67. The molecule has 4 aliphatic rings. The fourth-order valence-corrected chi connectivity index (χ4v) is 22.9. The smallest absolute Gasteiger partial charge is 0.311 e. The molecule has 398 valence electrons. The quantitative estimate of drug-likeness (QED) is 0.0475. The van der Waals surface area contributed by atoms with Gasteiger partial charge in [-0.05, 0) is 57.8 Å². The SMILES string of the molecule is CC(=O)N(CCC[Si](C)(C)O[Si](C)(C)O[Si](C)(C)CCN(C(C)=O)[C@H]1OC(CO)[C@@H](O[C@@H]2OC(CO)[C@H](O)C(O)[C@H]2O)C(O)C1O)[C@@H]1OC(CO)[C@H](O[C@H]2OC(CO)[C@@H](O)C(O)[C@@H]2O)C(O)C1O. The van der Waals surface area contributed by atoms with E-state index in [0.717, 1.165) is 0 Å². The van der Waals surface area contributed by atoms with Crippen LogP contribution in [-0.4, -0.2) is 281 Å². The van der Waals surface area contributed by atoms with Crippen LogP contribution in [0.4, 0.5) is 0 Å². The van der Waals surface area contributed by atoms with E-state index in [-0.39, 0.29) is 13.1 Å².